The van der Waals surface area contributed by atoms with E-state index in [1.165, 1.54) is 5.19 Å². The summed E-state index contributed by atoms with van der Waals surface area (Å²) in [4.78, 5) is 46.8. The van der Waals surface area contributed by atoms with E-state index in [2.05, 4.69) is 42.8 Å². The number of carbonyl (C=O) groups is 3. The summed E-state index contributed by atoms with van der Waals surface area (Å²) in [5.74, 6) is -0.0834. The third-order valence-corrected chi connectivity index (χ3v) is 16.6. The van der Waals surface area contributed by atoms with Gasteiger partial charge in [-0.05, 0) is 66.4 Å². The molecule has 1 spiro atoms. The van der Waals surface area contributed by atoms with E-state index in [1.807, 2.05) is 95.9 Å². The van der Waals surface area contributed by atoms with Crippen LogP contribution in [0.3, 0.4) is 0 Å². The molecule has 56 heavy (non-hydrogen) atoms. The van der Waals surface area contributed by atoms with Crippen molar-refractivity contribution in [2.24, 2.45) is 11.8 Å². The Balaban J connectivity index is 1.31. The maximum Gasteiger partial charge on any atom is 0.264 e. The Bertz CT molecular complexity index is 2010. The van der Waals surface area contributed by atoms with Gasteiger partial charge in [0.05, 0.1) is 52.5 Å². The van der Waals surface area contributed by atoms with Gasteiger partial charge in [-0.1, -0.05) is 98.0 Å². The number of piperidine rings is 1. The van der Waals surface area contributed by atoms with Crippen molar-refractivity contribution in [2.75, 3.05) is 43.6 Å². The van der Waals surface area contributed by atoms with Gasteiger partial charge in [0, 0.05) is 36.8 Å². The van der Waals surface area contributed by atoms with Crippen LogP contribution in [0.4, 0.5) is 11.4 Å². The van der Waals surface area contributed by atoms with Crippen molar-refractivity contribution < 1.29 is 29.0 Å². The number of carbonyl (C=O) groups excluding carboxylic acids is 3. The number of anilines is 2. The Morgan fingerprint density at radius 2 is 1.70 bits per heavy atom. The smallest absolute Gasteiger partial charge is 0.264 e. The van der Waals surface area contributed by atoms with Crippen LogP contribution in [-0.4, -0.2) is 75.3 Å². The predicted octanol–water partition coefficient (Wildman–Crippen LogP) is 5.81. The molecule has 5 atom stereocenters. The highest BCUT2D eigenvalue weighted by Gasteiger charge is 2.66. The third kappa shape index (κ3) is 7.65. The lowest BCUT2D eigenvalue weighted by Gasteiger charge is -2.37. The highest BCUT2D eigenvalue weighted by molar-refractivity contribution is 6.91. The number of aliphatic hydroxyl groups excluding tert-OH is 1. The van der Waals surface area contributed by atoms with Gasteiger partial charge in [0.15, 0.2) is 5.60 Å². The lowest BCUT2D eigenvalue weighted by molar-refractivity contribution is -0.150. The van der Waals surface area contributed by atoms with Crippen molar-refractivity contribution in [1.29, 1.82) is 0 Å². The molecule has 11 heteroatoms. The minimum absolute atomic E-state index is 0.0442. The third-order valence-electron chi connectivity index (χ3n) is 12.3. The second-order valence-electron chi connectivity index (χ2n) is 16.0. The van der Waals surface area contributed by atoms with Crippen molar-refractivity contribution in [3.63, 3.8) is 0 Å². The highest BCUT2D eigenvalue weighted by Crippen LogP contribution is 2.60. The first-order chi connectivity index (χ1) is 27.1. The van der Waals surface area contributed by atoms with E-state index in [0.717, 1.165) is 42.0 Å². The molecule has 3 N–H and O–H groups in total. The van der Waals surface area contributed by atoms with Crippen LogP contribution < -0.4 is 25.5 Å². The van der Waals surface area contributed by atoms with Crippen LogP contribution in [-0.2, 0) is 37.8 Å². The standard InChI is InChI=1S/C45H54N4O6Si/c1-31-42(56(3,4)37-20-18-36(54-2)19-21-37)40(27-41(51)48(24-25-50)29-32-12-7-5-8-13-32)55-45(31)38-26-35(47-43(52)34-16-11-23-46-28-34)17-22-39(38)49(44(45)53)30-33-14-9-6-10-15-33/h5-10,12-15,17-22,26,31,34,40,42,46,50H,11,16,23-25,27-30H2,1-4H3,(H,47,52)/t31-,34?,40+,42-,45+/m1/s1. The van der Waals surface area contributed by atoms with Crippen molar-refractivity contribution in [2.45, 2.75) is 69.6 Å². The molecule has 7 rings (SSSR count). The normalized spacial score (nSPS) is 23.2. The van der Waals surface area contributed by atoms with Gasteiger partial charge in [-0.2, -0.15) is 0 Å². The van der Waals surface area contributed by atoms with Crippen LogP contribution in [0.15, 0.2) is 103 Å². The number of aliphatic hydroxyl groups is 1. The Kier molecular flexibility index (Phi) is 11.8. The zero-order valence-electron chi connectivity index (χ0n) is 32.9. The number of methoxy groups -OCH3 is 1. The highest BCUT2D eigenvalue weighted by atomic mass is 28.3. The largest absolute Gasteiger partial charge is 0.497 e. The van der Waals surface area contributed by atoms with E-state index >= 15 is 4.79 Å². The molecule has 0 radical (unpaired) electrons. The van der Waals surface area contributed by atoms with Gasteiger partial charge < -0.3 is 35.0 Å². The van der Waals surface area contributed by atoms with E-state index in [1.54, 1.807) is 12.0 Å². The summed E-state index contributed by atoms with van der Waals surface area (Å²) < 4.78 is 12.8. The van der Waals surface area contributed by atoms with Crippen LogP contribution >= 0.6 is 0 Å². The van der Waals surface area contributed by atoms with Gasteiger partial charge in [-0.15, -0.1) is 0 Å². The summed E-state index contributed by atoms with van der Waals surface area (Å²) in [5.41, 5.74) is 2.42. The fraction of sp³-hybridized carbons (Fsp3) is 0.400. The lowest BCUT2D eigenvalue weighted by atomic mass is 9.82. The van der Waals surface area contributed by atoms with E-state index in [0.29, 0.717) is 30.9 Å². The average molecular weight is 775 g/mol. The number of benzene rings is 4. The molecule has 3 heterocycles. The fourth-order valence-corrected chi connectivity index (χ4v) is 13.4. The van der Waals surface area contributed by atoms with Crippen LogP contribution in [0.5, 0.6) is 5.75 Å². The molecule has 10 nitrogen and oxygen atoms in total. The molecule has 1 unspecified atom stereocenters. The van der Waals surface area contributed by atoms with Crippen LogP contribution in [0.25, 0.3) is 0 Å². The van der Waals surface area contributed by atoms with Gasteiger partial charge in [0.2, 0.25) is 11.8 Å². The number of rotatable bonds is 13. The molecule has 0 aromatic heterocycles. The molecule has 0 saturated carbocycles. The van der Waals surface area contributed by atoms with Crippen molar-refractivity contribution in [1.82, 2.24) is 10.2 Å². The molecule has 3 aliphatic heterocycles. The molecular formula is C45H54N4O6Si. The predicted molar refractivity (Wildman–Crippen MR) is 221 cm³/mol. The molecule has 294 valence electrons. The second kappa shape index (κ2) is 16.7. The number of fused-ring (bicyclic) bond motifs is 2. The summed E-state index contributed by atoms with van der Waals surface area (Å²) >= 11 is 0. The Morgan fingerprint density at radius 3 is 2.34 bits per heavy atom. The Hall–Kier alpha value is -4.81. The first-order valence-corrected chi connectivity index (χ1v) is 22.9. The number of ether oxygens (including phenoxy) is 2. The molecule has 2 fully saturated rings. The van der Waals surface area contributed by atoms with Crippen molar-refractivity contribution in [3.8, 4) is 5.75 Å². The molecule has 4 aromatic carbocycles. The first-order valence-electron chi connectivity index (χ1n) is 19.8. The van der Waals surface area contributed by atoms with Crippen molar-refractivity contribution in [3.05, 3.63) is 120 Å². The number of nitrogens with zero attached hydrogens (tertiary/aromatic N) is 2. The quantitative estimate of drug-likeness (QED) is 0.147. The molecule has 0 aliphatic carbocycles. The number of hydrogen-bond acceptors (Lipinski definition) is 7. The summed E-state index contributed by atoms with van der Waals surface area (Å²) in [6.07, 6.45) is 1.19. The lowest BCUT2D eigenvalue weighted by Crippen LogP contribution is -2.52. The Morgan fingerprint density at radius 1 is 1.00 bits per heavy atom. The number of hydrogen-bond donors (Lipinski definition) is 3. The Labute approximate surface area is 331 Å². The molecule has 2 saturated heterocycles. The summed E-state index contributed by atoms with van der Waals surface area (Å²) in [6, 6.07) is 33.6. The number of amides is 3. The van der Waals surface area contributed by atoms with E-state index in [4.69, 9.17) is 9.47 Å². The maximum absolute atomic E-state index is 15.4. The zero-order chi connectivity index (χ0) is 39.5. The first kappa shape index (κ1) is 39.4. The average Bonchev–Trinajstić information content (AvgIpc) is 3.64. The second-order valence-corrected chi connectivity index (χ2v) is 20.7. The monoisotopic (exact) mass is 774 g/mol. The van der Waals surface area contributed by atoms with Crippen LogP contribution in [0.1, 0.15) is 42.9 Å². The van der Waals surface area contributed by atoms with Crippen LogP contribution in [0.2, 0.25) is 18.6 Å². The van der Waals surface area contributed by atoms with Gasteiger partial charge in [0.25, 0.3) is 5.91 Å². The number of nitrogens with one attached hydrogen (secondary N) is 2. The minimum Gasteiger partial charge on any atom is -0.497 e. The minimum atomic E-state index is -2.55. The van der Waals surface area contributed by atoms with Gasteiger partial charge in [-0.25, -0.2) is 0 Å². The SMILES string of the molecule is COc1ccc([Si](C)(C)[C@H]2[C@H](CC(=O)N(CCO)Cc3ccccc3)O[C@@]3(C(=O)N(Cc4ccccc4)c4ccc(NC(=O)C5CCCNC5)cc43)[C@@H]2C)cc1. The fourth-order valence-electron chi connectivity index (χ4n) is 9.35. The topological polar surface area (TPSA) is 120 Å². The van der Waals surface area contributed by atoms with Gasteiger partial charge in [-0.3, -0.25) is 14.4 Å². The molecule has 3 aliphatic rings. The van der Waals surface area contributed by atoms with E-state index < -0.39 is 19.8 Å². The van der Waals surface area contributed by atoms with E-state index in [9.17, 15) is 14.7 Å². The summed E-state index contributed by atoms with van der Waals surface area (Å²) in [6.45, 7) is 8.93. The summed E-state index contributed by atoms with van der Waals surface area (Å²) in [5, 5.41) is 17.7. The molecular weight excluding hydrogens is 721 g/mol. The maximum atomic E-state index is 15.4. The molecule has 0 bridgehead atoms. The molecule has 3 amide bonds. The van der Waals surface area contributed by atoms with Gasteiger partial charge in [0.1, 0.15) is 5.75 Å². The zero-order valence-corrected chi connectivity index (χ0v) is 33.9. The summed E-state index contributed by atoms with van der Waals surface area (Å²) in [7, 11) is -0.904. The van der Waals surface area contributed by atoms with Crippen LogP contribution in [0, 0.1) is 11.8 Å². The van der Waals surface area contributed by atoms with Crippen molar-refractivity contribution >= 4 is 42.4 Å². The van der Waals surface area contributed by atoms with E-state index in [-0.39, 0.29) is 54.7 Å². The molecule has 4 aromatic rings. The van der Waals surface area contributed by atoms with Gasteiger partial charge >= 0.3 is 0 Å².